The molecule has 1 fully saturated rings. The van der Waals surface area contributed by atoms with Crippen molar-refractivity contribution in [2.24, 2.45) is 0 Å². The van der Waals surface area contributed by atoms with Crippen LogP contribution in [0.15, 0.2) is 42.5 Å². The van der Waals surface area contributed by atoms with Gasteiger partial charge >= 0.3 is 0 Å². The first kappa shape index (κ1) is 17.3. The van der Waals surface area contributed by atoms with Gasteiger partial charge in [-0.1, -0.05) is 29.3 Å². The number of halogens is 1. The summed E-state index contributed by atoms with van der Waals surface area (Å²) in [7, 11) is 0. The van der Waals surface area contributed by atoms with Gasteiger partial charge in [-0.15, -0.1) is 0 Å². The van der Waals surface area contributed by atoms with Crippen molar-refractivity contribution in [3.05, 3.63) is 64.2 Å². The van der Waals surface area contributed by atoms with Gasteiger partial charge in [0.1, 0.15) is 17.9 Å². The Balaban J connectivity index is 1.55. The Kier molecular flexibility index (Phi) is 5.25. The van der Waals surface area contributed by atoms with Crippen molar-refractivity contribution in [2.45, 2.75) is 38.3 Å². The van der Waals surface area contributed by atoms with Crippen LogP contribution in [0.4, 0.5) is 0 Å². The predicted octanol–water partition coefficient (Wildman–Crippen LogP) is 4.25. The lowest BCUT2D eigenvalue weighted by Gasteiger charge is -2.15. The van der Waals surface area contributed by atoms with Crippen LogP contribution in [0.25, 0.3) is 0 Å². The Labute approximate surface area is 152 Å². The number of carbonyl (C=O) groups is 1. The number of nitrogens with zero attached hydrogens (tertiary/aromatic N) is 1. The second kappa shape index (κ2) is 7.58. The highest BCUT2D eigenvalue weighted by Gasteiger charge is 2.27. The third-order valence-electron chi connectivity index (χ3n) is 4.40. The van der Waals surface area contributed by atoms with Gasteiger partial charge in [0.2, 0.25) is 0 Å². The van der Waals surface area contributed by atoms with Crippen molar-refractivity contribution in [3.8, 4) is 11.8 Å². The van der Waals surface area contributed by atoms with Gasteiger partial charge in [0, 0.05) is 24.1 Å². The van der Waals surface area contributed by atoms with Gasteiger partial charge in [-0.2, -0.15) is 5.26 Å². The maximum absolute atomic E-state index is 12.3. The topological polar surface area (TPSA) is 62.1 Å². The molecule has 0 radical (unpaired) electrons. The number of rotatable bonds is 4. The van der Waals surface area contributed by atoms with Crippen LogP contribution in [0.3, 0.4) is 0 Å². The van der Waals surface area contributed by atoms with E-state index in [0.29, 0.717) is 21.9 Å². The summed E-state index contributed by atoms with van der Waals surface area (Å²) in [5.41, 5.74) is 2.24. The number of hydrogen-bond donors (Lipinski definition) is 1. The molecule has 3 rings (SSSR count). The first-order valence-corrected chi connectivity index (χ1v) is 8.67. The number of nitriles is 1. The molecule has 5 heteroatoms. The zero-order chi connectivity index (χ0) is 17.8. The molecular formula is C20H19ClN2O2. The van der Waals surface area contributed by atoms with Gasteiger partial charge in [0.05, 0.1) is 10.6 Å². The number of benzene rings is 2. The Morgan fingerprint density at radius 1 is 1.24 bits per heavy atom. The molecule has 2 atom stereocenters. The van der Waals surface area contributed by atoms with Crippen LogP contribution >= 0.6 is 11.6 Å². The number of nitrogens with one attached hydrogen (secondary N) is 1. The molecule has 0 aromatic heterocycles. The fourth-order valence-electron chi connectivity index (χ4n) is 3.00. The molecule has 0 unspecified atom stereocenters. The summed E-state index contributed by atoms with van der Waals surface area (Å²) in [6, 6.07) is 14.8. The normalized spacial score (nSPS) is 19.2. The lowest BCUT2D eigenvalue weighted by molar-refractivity contribution is 0.0935. The Hall–Kier alpha value is -2.51. The van der Waals surface area contributed by atoms with Crippen LogP contribution in [0.5, 0.6) is 5.75 Å². The average molecular weight is 355 g/mol. The molecule has 0 spiro atoms. The largest absolute Gasteiger partial charge is 0.490 e. The summed E-state index contributed by atoms with van der Waals surface area (Å²) in [6.45, 7) is 2.00. The van der Waals surface area contributed by atoms with E-state index >= 15 is 0 Å². The van der Waals surface area contributed by atoms with Crippen LogP contribution in [0, 0.1) is 18.3 Å². The molecule has 1 amide bonds. The van der Waals surface area contributed by atoms with E-state index in [9.17, 15) is 4.79 Å². The predicted molar refractivity (Wildman–Crippen MR) is 96.9 cm³/mol. The monoisotopic (exact) mass is 354 g/mol. The molecular weight excluding hydrogens is 336 g/mol. The number of carbonyl (C=O) groups excluding carboxylic acids is 1. The van der Waals surface area contributed by atoms with Gasteiger partial charge in [0.25, 0.3) is 5.91 Å². The maximum Gasteiger partial charge on any atom is 0.251 e. The van der Waals surface area contributed by atoms with Crippen LogP contribution in [-0.2, 0) is 0 Å². The van der Waals surface area contributed by atoms with Gasteiger partial charge in [0.15, 0.2) is 0 Å². The van der Waals surface area contributed by atoms with Crippen LogP contribution in [-0.4, -0.2) is 18.1 Å². The number of ether oxygens (including phenoxy) is 1. The zero-order valence-corrected chi connectivity index (χ0v) is 14.7. The SMILES string of the molecule is Cc1ccc(C(=O)N[C@@H]2CC[C@@H](Oc3ccc(C#N)c(Cl)c3)C2)cc1. The molecule has 1 aliphatic rings. The van der Waals surface area contributed by atoms with E-state index in [1.807, 2.05) is 37.3 Å². The fourth-order valence-corrected chi connectivity index (χ4v) is 3.22. The Bertz CT molecular complexity index is 811. The van der Waals surface area contributed by atoms with Crippen LogP contribution in [0.1, 0.15) is 40.7 Å². The van der Waals surface area contributed by atoms with E-state index in [2.05, 4.69) is 5.32 Å². The average Bonchev–Trinajstić information content (AvgIpc) is 3.02. The van der Waals surface area contributed by atoms with Crippen LogP contribution < -0.4 is 10.1 Å². The van der Waals surface area contributed by atoms with Crippen LogP contribution in [0.2, 0.25) is 5.02 Å². The molecule has 1 N–H and O–H groups in total. The minimum atomic E-state index is -0.0490. The standard InChI is InChI=1S/C20H19ClN2O2/c1-13-2-4-14(5-3-13)20(24)23-16-7-9-17(10-16)25-18-8-6-15(12-22)19(21)11-18/h2-6,8,11,16-17H,7,9-10H2,1H3,(H,23,24)/t16-,17-/m1/s1. The summed E-state index contributed by atoms with van der Waals surface area (Å²) < 4.78 is 5.94. The van der Waals surface area contributed by atoms with Gasteiger partial charge in [-0.25, -0.2) is 0 Å². The van der Waals surface area contributed by atoms with E-state index in [1.165, 1.54) is 0 Å². The number of aryl methyl sites for hydroxylation is 1. The van der Waals surface area contributed by atoms with E-state index < -0.39 is 0 Å². The van der Waals surface area contributed by atoms with E-state index in [0.717, 1.165) is 24.8 Å². The summed E-state index contributed by atoms with van der Waals surface area (Å²) in [5, 5.41) is 12.4. The van der Waals surface area contributed by atoms with Gasteiger partial charge in [-0.3, -0.25) is 4.79 Å². The smallest absolute Gasteiger partial charge is 0.251 e. The van der Waals surface area contributed by atoms with E-state index in [4.69, 9.17) is 21.6 Å². The highest BCUT2D eigenvalue weighted by Crippen LogP contribution is 2.28. The first-order valence-electron chi connectivity index (χ1n) is 8.29. The molecule has 0 aliphatic heterocycles. The van der Waals surface area contributed by atoms with E-state index in [1.54, 1.807) is 18.2 Å². The molecule has 4 nitrogen and oxygen atoms in total. The quantitative estimate of drug-likeness (QED) is 0.892. The van der Waals surface area contributed by atoms with Crippen molar-refractivity contribution >= 4 is 17.5 Å². The third-order valence-corrected chi connectivity index (χ3v) is 4.71. The Morgan fingerprint density at radius 3 is 2.68 bits per heavy atom. The number of amides is 1. The van der Waals surface area contributed by atoms with Crippen molar-refractivity contribution in [1.29, 1.82) is 5.26 Å². The minimum Gasteiger partial charge on any atom is -0.490 e. The van der Waals surface area contributed by atoms with Crippen molar-refractivity contribution < 1.29 is 9.53 Å². The Morgan fingerprint density at radius 2 is 2.00 bits per heavy atom. The van der Waals surface area contributed by atoms with Crippen molar-refractivity contribution in [3.63, 3.8) is 0 Å². The van der Waals surface area contributed by atoms with Gasteiger partial charge < -0.3 is 10.1 Å². The van der Waals surface area contributed by atoms with E-state index in [-0.39, 0.29) is 18.1 Å². The molecule has 25 heavy (non-hydrogen) atoms. The molecule has 0 heterocycles. The second-order valence-corrected chi connectivity index (χ2v) is 6.75. The maximum atomic E-state index is 12.3. The molecule has 1 aliphatic carbocycles. The summed E-state index contributed by atoms with van der Waals surface area (Å²) in [6.07, 6.45) is 2.55. The molecule has 0 saturated heterocycles. The highest BCUT2D eigenvalue weighted by atomic mass is 35.5. The molecule has 1 saturated carbocycles. The summed E-state index contributed by atoms with van der Waals surface area (Å²) in [5.74, 6) is 0.603. The fraction of sp³-hybridized carbons (Fsp3) is 0.300. The lowest BCUT2D eigenvalue weighted by Crippen LogP contribution is -2.33. The van der Waals surface area contributed by atoms with Crippen molar-refractivity contribution in [2.75, 3.05) is 0 Å². The lowest BCUT2D eigenvalue weighted by atomic mass is 10.1. The second-order valence-electron chi connectivity index (χ2n) is 6.34. The van der Waals surface area contributed by atoms with Gasteiger partial charge in [-0.05, 0) is 44.0 Å². The molecule has 128 valence electrons. The van der Waals surface area contributed by atoms with Crippen molar-refractivity contribution in [1.82, 2.24) is 5.32 Å². The zero-order valence-electron chi connectivity index (χ0n) is 14.0. The summed E-state index contributed by atoms with van der Waals surface area (Å²) >= 11 is 6.03. The third kappa shape index (κ3) is 4.32. The number of hydrogen-bond acceptors (Lipinski definition) is 3. The molecule has 2 aromatic carbocycles. The minimum absolute atomic E-state index is 0.0346. The molecule has 0 bridgehead atoms. The molecule has 2 aromatic rings. The summed E-state index contributed by atoms with van der Waals surface area (Å²) in [4.78, 5) is 12.3. The highest BCUT2D eigenvalue weighted by molar-refractivity contribution is 6.31. The first-order chi connectivity index (χ1) is 12.0.